The highest BCUT2D eigenvalue weighted by Gasteiger charge is 2.09. The molecule has 0 aliphatic rings. The predicted molar refractivity (Wildman–Crippen MR) is 83.6 cm³/mol. The zero-order chi connectivity index (χ0) is 15.5. The molecule has 0 radical (unpaired) electrons. The van der Waals surface area contributed by atoms with Gasteiger partial charge < -0.3 is 10.1 Å². The van der Waals surface area contributed by atoms with Crippen molar-refractivity contribution in [2.45, 2.75) is 0 Å². The Morgan fingerprint density at radius 2 is 1.82 bits per heavy atom. The smallest absolute Gasteiger partial charge is 0.325 e. The molecule has 2 aromatic carbocycles. The van der Waals surface area contributed by atoms with Gasteiger partial charge >= 0.3 is 5.97 Å². The van der Waals surface area contributed by atoms with Gasteiger partial charge in [0, 0.05) is 16.3 Å². The summed E-state index contributed by atoms with van der Waals surface area (Å²) in [6.45, 7) is -0.149. The quantitative estimate of drug-likeness (QED) is 0.594. The highest BCUT2D eigenvalue weighted by Crippen LogP contribution is 2.20. The number of ether oxygens (including phenoxy) is 1. The fourth-order valence-corrected chi connectivity index (χ4v) is 2.25. The van der Waals surface area contributed by atoms with Crippen LogP contribution in [-0.4, -0.2) is 30.5 Å². The van der Waals surface area contributed by atoms with Gasteiger partial charge in [-0.25, -0.2) is 4.98 Å². The molecule has 0 fully saturated rings. The van der Waals surface area contributed by atoms with Crippen LogP contribution in [0.5, 0.6) is 0 Å². The molecule has 0 saturated heterocycles. The summed E-state index contributed by atoms with van der Waals surface area (Å²) >= 11 is 0. The molecule has 1 N–H and O–H groups in total. The van der Waals surface area contributed by atoms with Crippen LogP contribution in [0.4, 0.5) is 0 Å². The van der Waals surface area contributed by atoms with Gasteiger partial charge in [0.1, 0.15) is 6.54 Å². The number of carbonyl (C=O) groups is 2. The molecule has 0 bridgehead atoms. The van der Waals surface area contributed by atoms with Crippen LogP contribution in [-0.2, 0) is 9.53 Å². The summed E-state index contributed by atoms with van der Waals surface area (Å²) < 4.78 is 4.49. The minimum atomic E-state index is -0.484. The number of esters is 1. The second-order valence-electron chi connectivity index (χ2n) is 4.85. The highest BCUT2D eigenvalue weighted by atomic mass is 16.5. The monoisotopic (exact) mass is 294 g/mol. The highest BCUT2D eigenvalue weighted by molar-refractivity contribution is 6.01. The van der Waals surface area contributed by atoms with Crippen molar-refractivity contribution >= 4 is 33.7 Å². The molecule has 5 nitrogen and oxygen atoms in total. The molecule has 22 heavy (non-hydrogen) atoms. The van der Waals surface area contributed by atoms with E-state index in [-0.39, 0.29) is 12.5 Å². The van der Waals surface area contributed by atoms with Crippen LogP contribution in [0.1, 0.15) is 10.4 Å². The fraction of sp³-hybridized carbons (Fsp3) is 0.118. The Morgan fingerprint density at radius 3 is 2.64 bits per heavy atom. The number of nitrogens with one attached hydrogen (secondary N) is 1. The van der Waals surface area contributed by atoms with Crippen LogP contribution in [0.3, 0.4) is 0 Å². The van der Waals surface area contributed by atoms with Crippen molar-refractivity contribution in [1.82, 2.24) is 10.3 Å². The summed E-state index contributed by atoms with van der Waals surface area (Å²) in [5.41, 5.74) is 2.22. The number of methoxy groups -OCH3 is 1. The summed E-state index contributed by atoms with van der Waals surface area (Å²) in [6, 6.07) is 15.1. The number of pyridine rings is 1. The van der Waals surface area contributed by atoms with Crippen molar-refractivity contribution in [1.29, 1.82) is 0 Å². The number of hydrogen-bond acceptors (Lipinski definition) is 4. The number of rotatable bonds is 3. The number of nitrogens with zero attached hydrogens (tertiary/aromatic N) is 1. The Morgan fingerprint density at radius 1 is 1.05 bits per heavy atom. The van der Waals surface area contributed by atoms with E-state index < -0.39 is 5.97 Å². The third-order valence-electron chi connectivity index (χ3n) is 3.40. The van der Waals surface area contributed by atoms with E-state index in [0.29, 0.717) is 5.56 Å². The van der Waals surface area contributed by atoms with Gasteiger partial charge in [-0.1, -0.05) is 18.2 Å². The van der Waals surface area contributed by atoms with E-state index in [0.717, 1.165) is 21.8 Å². The lowest BCUT2D eigenvalue weighted by molar-refractivity contribution is -0.139. The fourth-order valence-electron chi connectivity index (χ4n) is 2.25. The van der Waals surface area contributed by atoms with E-state index in [4.69, 9.17) is 0 Å². The lowest BCUT2D eigenvalue weighted by Crippen LogP contribution is -2.30. The first kappa shape index (κ1) is 14.0. The minimum absolute atomic E-state index is 0.149. The zero-order valence-corrected chi connectivity index (χ0v) is 12.0. The third-order valence-corrected chi connectivity index (χ3v) is 3.40. The summed E-state index contributed by atoms with van der Waals surface area (Å²) in [5, 5.41) is 4.41. The molecule has 0 saturated carbocycles. The minimum Gasteiger partial charge on any atom is -0.468 e. The summed E-state index contributed by atoms with van der Waals surface area (Å²) in [6.07, 6.45) is 0. The van der Waals surface area contributed by atoms with Gasteiger partial charge in [-0.2, -0.15) is 0 Å². The molecule has 3 rings (SSSR count). The van der Waals surface area contributed by atoms with Gasteiger partial charge in [-0.05, 0) is 30.3 Å². The van der Waals surface area contributed by atoms with Crippen molar-refractivity contribution in [2.75, 3.05) is 13.7 Å². The molecule has 3 aromatic rings. The number of fused-ring (bicyclic) bond motifs is 2. The van der Waals surface area contributed by atoms with Crippen molar-refractivity contribution < 1.29 is 14.3 Å². The average Bonchev–Trinajstić information content (AvgIpc) is 2.56. The van der Waals surface area contributed by atoms with Crippen LogP contribution >= 0.6 is 0 Å². The van der Waals surface area contributed by atoms with E-state index in [1.807, 2.05) is 30.3 Å². The van der Waals surface area contributed by atoms with Gasteiger partial charge in [0.05, 0.1) is 18.1 Å². The van der Waals surface area contributed by atoms with Gasteiger partial charge in [-0.3, -0.25) is 9.59 Å². The van der Waals surface area contributed by atoms with Gasteiger partial charge in [0.2, 0.25) is 0 Å². The second-order valence-corrected chi connectivity index (χ2v) is 4.85. The Bertz CT molecular complexity index is 874. The summed E-state index contributed by atoms with van der Waals surface area (Å²) in [5.74, 6) is -0.803. The first-order chi connectivity index (χ1) is 10.7. The standard InChI is InChI=1S/C17H14N2O3/c1-22-16(20)10-18-17(21)12-6-7-15-13(9-12)8-11-4-2-3-5-14(11)19-15/h2-9H,10H2,1H3,(H,18,21). The van der Waals surface area contributed by atoms with Crippen molar-refractivity contribution in [3.8, 4) is 0 Å². The molecule has 1 amide bonds. The summed E-state index contributed by atoms with van der Waals surface area (Å²) in [7, 11) is 1.28. The molecule has 110 valence electrons. The van der Waals surface area contributed by atoms with Crippen LogP contribution in [0.15, 0.2) is 48.5 Å². The molecular weight excluding hydrogens is 280 g/mol. The third kappa shape index (κ3) is 2.74. The Labute approximate surface area is 126 Å². The molecule has 0 atom stereocenters. The first-order valence-electron chi connectivity index (χ1n) is 6.82. The normalized spacial score (nSPS) is 10.6. The molecule has 0 aliphatic heterocycles. The number of carbonyl (C=O) groups excluding carboxylic acids is 2. The zero-order valence-electron chi connectivity index (χ0n) is 12.0. The van der Waals surface area contributed by atoms with Gasteiger partial charge in [0.15, 0.2) is 0 Å². The molecule has 1 aromatic heterocycles. The van der Waals surface area contributed by atoms with E-state index in [9.17, 15) is 9.59 Å². The van der Waals surface area contributed by atoms with E-state index in [2.05, 4.69) is 15.0 Å². The van der Waals surface area contributed by atoms with Crippen LogP contribution in [0.25, 0.3) is 21.8 Å². The van der Waals surface area contributed by atoms with Crippen molar-refractivity contribution in [3.05, 3.63) is 54.1 Å². The lowest BCUT2D eigenvalue weighted by atomic mass is 10.1. The van der Waals surface area contributed by atoms with E-state index in [1.54, 1.807) is 18.2 Å². The number of hydrogen-bond donors (Lipinski definition) is 1. The number of aromatic nitrogens is 1. The van der Waals surface area contributed by atoms with Crippen molar-refractivity contribution in [3.63, 3.8) is 0 Å². The van der Waals surface area contributed by atoms with Crippen LogP contribution in [0, 0.1) is 0 Å². The number of para-hydroxylation sites is 1. The first-order valence-corrected chi connectivity index (χ1v) is 6.82. The SMILES string of the molecule is COC(=O)CNC(=O)c1ccc2nc3ccccc3cc2c1. The maximum atomic E-state index is 12.0. The molecule has 0 unspecified atom stereocenters. The molecular formula is C17H14N2O3. The average molecular weight is 294 g/mol. The van der Waals surface area contributed by atoms with E-state index in [1.165, 1.54) is 7.11 Å². The topological polar surface area (TPSA) is 68.3 Å². The van der Waals surface area contributed by atoms with Crippen LogP contribution in [0.2, 0.25) is 0 Å². The maximum absolute atomic E-state index is 12.0. The number of amides is 1. The molecule has 0 spiro atoms. The Hall–Kier alpha value is -2.95. The second kappa shape index (κ2) is 5.81. The van der Waals surface area contributed by atoms with Crippen molar-refractivity contribution in [2.24, 2.45) is 0 Å². The molecule has 1 heterocycles. The van der Waals surface area contributed by atoms with Gasteiger partial charge in [0.25, 0.3) is 5.91 Å². The summed E-state index contributed by atoms with van der Waals surface area (Å²) in [4.78, 5) is 27.7. The van der Waals surface area contributed by atoms with E-state index >= 15 is 0 Å². The Balaban J connectivity index is 1.93. The lowest BCUT2D eigenvalue weighted by Gasteiger charge is -2.06. The molecule has 5 heteroatoms. The Kier molecular flexibility index (Phi) is 3.70. The van der Waals surface area contributed by atoms with Crippen LogP contribution < -0.4 is 5.32 Å². The van der Waals surface area contributed by atoms with Gasteiger partial charge in [-0.15, -0.1) is 0 Å². The predicted octanol–water partition coefficient (Wildman–Crippen LogP) is 2.29. The number of benzene rings is 2. The molecule has 0 aliphatic carbocycles. The maximum Gasteiger partial charge on any atom is 0.325 e. The largest absolute Gasteiger partial charge is 0.468 e.